The number of amides is 1. The van der Waals surface area contributed by atoms with Gasteiger partial charge in [-0.15, -0.1) is 5.10 Å². The van der Waals surface area contributed by atoms with E-state index in [2.05, 4.69) is 15.5 Å². The molecule has 1 atom stereocenters. The highest BCUT2D eigenvalue weighted by molar-refractivity contribution is 7.99. The molecule has 1 aromatic heterocycles. The van der Waals surface area contributed by atoms with Gasteiger partial charge in [0.25, 0.3) is 0 Å². The average Bonchev–Trinajstić information content (AvgIpc) is 2.97. The Morgan fingerprint density at radius 3 is 2.65 bits per heavy atom. The molecule has 2 fully saturated rings. The van der Waals surface area contributed by atoms with Gasteiger partial charge in [-0.2, -0.15) is 0 Å². The molecule has 8 heteroatoms. The zero-order chi connectivity index (χ0) is 14.2. The van der Waals surface area contributed by atoms with Gasteiger partial charge in [-0.25, -0.2) is 4.68 Å². The molecule has 0 bridgehead atoms. The van der Waals surface area contributed by atoms with Gasteiger partial charge in [0.05, 0.1) is 6.04 Å². The van der Waals surface area contributed by atoms with Gasteiger partial charge in [0.15, 0.2) is 0 Å². The lowest BCUT2D eigenvalue weighted by Crippen LogP contribution is -2.56. The summed E-state index contributed by atoms with van der Waals surface area (Å²) in [5.41, 5.74) is 10.7. The van der Waals surface area contributed by atoms with Crippen LogP contribution in [0.4, 0.5) is 0 Å². The van der Waals surface area contributed by atoms with Gasteiger partial charge in [-0.1, -0.05) is 24.6 Å². The van der Waals surface area contributed by atoms with Crippen molar-refractivity contribution < 1.29 is 4.79 Å². The van der Waals surface area contributed by atoms with Gasteiger partial charge in [0.1, 0.15) is 5.54 Å². The summed E-state index contributed by atoms with van der Waals surface area (Å²) in [4.78, 5) is 11.6. The van der Waals surface area contributed by atoms with Crippen LogP contribution in [0.15, 0.2) is 5.16 Å². The van der Waals surface area contributed by atoms with Crippen LogP contribution in [0.3, 0.4) is 0 Å². The predicted molar refractivity (Wildman–Crippen MR) is 74.9 cm³/mol. The van der Waals surface area contributed by atoms with E-state index in [-0.39, 0.29) is 5.92 Å². The summed E-state index contributed by atoms with van der Waals surface area (Å²) >= 11 is 1.45. The molecule has 20 heavy (non-hydrogen) atoms. The van der Waals surface area contributed by atoms with Gasteiger partial charge >= 0.3 is 0 Å². The van der Waals surface area contributed by atoms with Crippen LogP contribution in [0.1, 0.15) is 44.6 Å². The van der Waals surface area contributed by atoms with Gasteiger partial charge in [0, 0.05) is 5.75 Å². The Hall–Kier alpha value is -1.15. The lowest BCUT2D eigenvalue weighted by atomic mass is 9.96. The number of primary amides is 1. The van der Waals surface area contributed by atoms with Crippen LogP contribution in [-0.4, -0.2) is 37.4 Å². The normalized spacial score (nSPS) is 22.9. The van der Waals surface area contributed by atoms with Crippen molar-refractivity contribution in [3.8, 4) is 0 Å². The molecule has 4 N–H and O–H groups in total. The molecule has 2 aliphatic rings. The first-order valence-corrected chi connectivity index (χ1v) is 8.09. The van der Waals surface area contributed by atoms with Crippen LogP contribution in [-0.2, 0) is 4.79 Å². The summed E-state index contributed by atoms with van der Waals surface area (Å²) in [6.07, 6.45) is 6.63. The van der Waals surface area contributed by atoms with Crippen molar-refractivity contribution in [2.45, 2.75) is 55.3 Å². The van der Waals surface area contributed by atoms with Crippen molar-refractivity contribution in [1.82, 2.24) is 20.2 Å². The number of nitrogens with zero attached hydrogens (tertiary/aromatic N) is 4. The van der Waals surface area contributed by atoms with Gasteiger partial charge in [-0.05, 0) is 42.0 Å². The zero-order valence-electron chi connectivity index (χ0n) is 11.4. The molecule has 0 aromatic carbocycles. The molecule has 110 valence electrons. The van der Waals surface area contributed by atoms with Crippen LogP contribution in [0.2, 0.25) is 0 Å². The van der Waals surface area contributed by atoms with Crippen LogP contribution in [0, 0.1) is 5.92 Å². The average molecular weight is 296 g/mol. The molecule has 0 spiro atoms. The molecule has 2 saturated carbocycles. The summed E-state index contributed by atoms with van der Waals surface area (Å²) in [5.74, 6) is 0.232. The molecule has 1 aromatic rings. The van der Waals surface area contributed by atoms with E-state index in [1.54, 1.807) is 0 Å². The first kappa shape index (κ1) is 13.8. The van der Waals surface area contributed by atoms with Crippen molar-refractivity contribution in [2.75, 3.05) is 5.75 Å². The van der Waals surface area contributed by atoms with Crippen molar-refractivity contribution >= 4 is 17.7 Å². The maximum Gasteiger partial charge on any atom is 0.238 e. The fraction of sp³-hybridized carbons (Fsp3) is 0.833. The van der Waals surface area contributed by atoms with Crippen molar-refractivity contribution in [1.29, 1.82) is 0 Å². The second-order valence-corrected chi connectivity index (χ2v) is 6.75. The minimum atomic E-state index is -0.933. The quantitative estimate of drug-likeness (QED) is 0.738. The molecule has 0 radical (unpaired) electrons. The lowest BCUT2D eigenvalue weighted by Gasteiger charge is -2.25. The molecule has 0 aliphatic heterocycles. The molecule has 0 saturated heterocycles. The summed E-state index contributed by atoms with van der Waals surface area (Å²) in [7, 11) is 0. The second-order valence-electron chi connectivity index (χ2n) is 5.81. The molecular weight excluding hydrogens is 276 g/mol. The van der Waals surface area contributed by atoms with E-state index in [0.717, 1.165) is 30.8 Å². The highest BCUT2D eigenvalue weighted by Gasteiger charge is 2.47. The number of rotatable bonds is 6. The fourth-order valence-corrected chi connectivity index (χ4v) is 3.99. The van der Waals surface area contributed by atoms with E-state index in [1.165, 1.54) is 24.6 Å². The van der Waals surface area contributed by atoms with Crippen molar-refractivity contribution in [3.63, 3.8) is 0 Å². The Morgan fingerprint density at radius 1 is 1.35 bits per heavy atom. The number of thioether (sulfide) groups is 1. The van der Waals surface area contributed by atoms with E-state index in [0.29, 0.717) is 11.8 Å². The zero-order valence-corrected chi connectivity index (χ0v) is 12.2. The summed E-state index contributed by atoms with van der Waals surface area (Å²) in [6.45, 7) is 0. The first-order valence-electron chi connectivity index (χ1n) is 7.10. The lowest BCUT2D eigenvalue weighted by molar-refractivity contribution is -0.123. The van der Waals surface area contributed by atoms with Gasteiger partial charge in [0.2, 0.25) is 11.1 Å². The Bertz CT molecular complexity index is 496. The molecular formula is C12H20N6OS. The third-order valence-corrected chi connectivity index (χ3v) is 5.49. The number of nitrogens with two attached hydrogens (primary N) is 2. The summed E-state index contributed by atoms with van der Waals surface area (Å²) < 4.78 is 1.88. The molecule has 1 unspecified atom stereocenters. The number of tetrazole rings is 1. The third-order valence-electron chi connectivity index (χ3n) is 4.34. The predicted octanol–water partition coefficient (Wildman–Crippen LogP) is 0.473. The maximum absolute atomic E-state index is 11.6. The number of aromatic nitrogens is 4. The van der Waals surface area contributed by atoms with Crippen LogP contribution in [0.25, 0.3) is 0 Å². The topological polar surface area (TPSA) is 113 Å². The molecule has 7 nitrogen and oxygen atoms in total. The maximum atomic E-state index is 11.6. The van der Waals surface area contributed by atoms with Crippen molar-refractivity contribution in [2.24, 2.45) is 17.4 Å². The van der Waals surface area contributed by atoms with Gasteiger partial charge in [-0.3, -0.25) is 4.79 Å². The number of carbonyl (C=O) groups is 1. The number of carbonyl (C=O) groups excluding carboxylic acids is 1. The molecule has 2 aliphatic carbocycles. The van der Waals surface area contributed by atoms with Crippen LogP contribution < -0.4 is 11.5 Å². The van der Waals surface area contributed by atoms with E-state index in [4.69, 9.17) is 11.5 Å². The Balaban J connectivity index is 1.69. The fourth-order valence-electron chi connectivity index (χ4n) is 2.83. The number of hydrogen-bond acceptors (Lipinski definition) is 6. The standard InChI is InChI=1S/C12H20N6OS/c13-10(19)12(14,8-5-6-8)7-20-11-15-16-17-18(11)9-3-1-2-4-9/h8-9H,1-7,14H2,(H2,13,19). The van der Waals surface area contributed by atoms with E-state index in [9.17, 15) is 4.79 Å². The SMILES string of the molecule is NC(=O)C(N)(CSc1nnnn1C1CCCC1)C1CC1. The Kier molecular flexibility index (Phi) is 3.68. The van der Waals surface area contributed by atoms with Gasteiger partial charge < -0.3 is 11.5 Å². The van der Waals surface area contributed by atoms with E-state index >= 15 is 0 Å². The smallest absolute Gasteiger partial charge is 0.238 e. The second kappa shape index (κ2) is 5.33. The molecule has 3 rings (SSSR count). The minimum Gasteiger partial charge on any atom is -0.368 e. The summed E-state index contributed by atoms with van der Waals surface area (Å²) in [5, 5.41) is 12.6. The first-order chi connectivity index (χ1) is 9.61. The molecule has 1 amide bonds. The van der Waals surface area contributed by atoms with Crippen LogP contribution >= 0.6 is 11.8 Å². The number of hydrogen-bond donors (Lipinski definition) is 2. The van der Waals surface area contributed by atoms with E-state index in [1.807, 2.05) is 4.68 Å². The van der Waals surface area contributed by atoms with Crippen molar-refractivity contribution in [3.05, 3.63) is 0 Å². The summed E-state index contributed by atoms with van der Waals surface area (Å²) in [6, 6.07) is 0.383. The monoisotopic (exact) mass is 296 g/mol. The third kappa shape index (κ3) is 2.54. The highest BCUT2D eigenvalue weighted by Crippen LogP contribution is 2.41. The minimum absolute atomic E-state index is 0.211. The molecule has 1 heterocycles. The Labute approximate surface area is 121 Å². The largest absolute Gasteiger partial charge is 0.368 e. The Morgan fingerprint density at radius 2 is 2.05 bits per heavy atom. The van der Waals surface area contributed by atoms with E-state index < -0.39 is 11.4 Å². The van der Waals surface area contributed by atoms with Crippen LogP contribution in [0.5, 0.6) is 0 Å². The highest BCUT2D eigenvalue weighted by atomic mass is 32.2.